The van der Waals surface area contributed by atoms with Crippen LogP contribution in [0.3, 0.4) is 0 Å². The van der Waals surface area contributed by atoms with Gasteiger partial charge in [0.05, 0.1) is 11.6 Å². The van der Waals surface area contributed by atoms with Gasteiger partial charge >= 0.3 is 0 Å². The first-order valence-corrected chi connectivity index (χ1v) is 7.42. The number of halogens is 1. The Labute approximate surface area is 131 Å². The van der Waals surface area contributed by atoms with Crippen LogP contribution in [-0.2, 0) is 11.3 Å². The predicted octanol–water partition coefficient (Wildman–Crippen LogP) is 0.740. The molecule has 3 rings (SSSR count). The Kier molecular flexibility index (Phi) is 6.02. The Morgan fingerprint density at radius 1 is 1.38 bits per heavy atom. The van der Waals surface area contributed by atoms with Crippen molar-refractivity contribution in [1.82, 2.24) is 20.1 Å². The lowest BCUT2D eigenvalue weighted by molar-refractivity contribution is -0.138. The highest BCUT2D eigenvalue weighted by molar-refractivity contribution is 5.85. The molecule has 0 bridgehead atoms. The number of carbonyl (C=O) groups excluding carboxylic acids is 1. The minimum Gasteiger partial charge on any atom is -0.451 e. The highest BCUT2D eigenvalue weighted by atomic mass is 35.5. The first kappa shape index (κ1) is 16.3. The maximum absolute atomic E-state index is 12.5. The summed E-state index contributed by atoms with van der Waals surface area (Å²) in [6.45, 7) is 6.19. The number of oxazole rings is 1. The van der Waals surface area contributed by atoms with Gasteiger partial charge in [0.15, 0.2) is 6.39 Å². The summed E-state index contributed by atoms with van der Waals surface area (Å²) in [5.74, 6) is 0.477. The summed E-state index contributed by atoms with van der Waals surface area (Å²) in [4.78, 5) is 21.0. The van der Waals surface area contributed by atoms with Crippen molar-refractivity contribution in [3.05, 3.63) is 18.4 Å². The molecule has 2 aliphatic heterocycles. The number of carbonyl (C=O) groups is 1. The average Bonchev–Trinajstić information content (AvgIpc) is 3.01. The molecule has 7 heteroatoms. The van der Waals surface area contributed by atoms with E-state index in [1.807, 2.05) is 4.90 Å². The van der Waals surface area contributed by atoms with Gasteiger partial charge in [-0.1, -0.05) is 0 Å². The maximum atomic E-state index is 12.5. The predicted molar refractivity (Wildman–Crippen MR) is 81.2 cm³/mol. The molecule has 118 valence electrons. The molecule has 0 aromatic carbocycles. The van der Waals surface area contributed by atoms with Crippen LogP contribution in [0.15, 0.2) is 17.1 Å². The molecule has 2 fully saturated rings. The molecule has 1 N–H and O–H groups in total. The lowest BCUT2D eigenvalue weighted by atomic mass is 9.96. The van der Waals surface area contributed by atoms with Gasteiger partial charge in [-0.3, -0.25) is 9.69 Å². The summed E-state index contributed by atoms with van der Waals surface area (Å²) < 4.78 is 5.01. The largest absolute Gasteiger partial charge is 0.451 e. The molecular formula is C14H23ClN4O2. The summed E-state index contributed by atoms with van der Waals surface area (Å²) in [5.41, 5.74) is 0.945. The number of rotatable bonds is 3. The number of aromatic nitrogens is 1. The average molecular weight is 315 g/mol. The molecule has 2 aliphatic rings. The number of piperazine rings is 1. The maximum Gasteiger partial charge on any atom is 0.227 e. The van der Waals surface area contributed by atoms with Gasteiger partial charge in [-0.05, 0) is 19.4 Å². The van der Waals surface area contributed by atoms with Crippen LogP contribution in [-0.4, -0.2) is 60.0 Å². The Morgan fingerprint density at radius 3 is 2.90 bits per heavy atom. The smallest absolute Gasteiger partial charge is 0.227 e. The van der Waals surface area contributed by atoms with E-state index in [0.717, 1.165) is 64.3 Å². The molecule has 1 aromatic heterocycles. The molecule has 1 unspecified atom stereocenters. The topological polar surface area (TPSA) is 61.6 Å². The quantitative estimate of drug-likeness (QED) is 0.891. The molecule has 0 spiro atoms. The molecule has 0 aliphatic carbocycles. The van der Waals surface area contributed by atoms with Crippen LogP contribution in [0, 0.1) is 5.92 Å². The molecule has 1 atom stereocenters. The van der Waals surface area contributed by atoms with E-state index in [2.05, 4.69) is 15.2 Å². The van der Waals surface area contributed by atoms with E-state index in [-0.39, 0.29) is 18.3 Å². The molecular weight excluding hydrogens is 292 g/mol. The number of hydrogen-bond donors (Lipinski definition) is 1. The summed E-state index contributed by atoms with van der Waals surface area (Å²) in [5, 5.41) is 3.29. The third kappa shape index (κ3) is 4.18. The first-order chi connectivity index (χ1) is 9.83. The monoisotopic (exact) mass is 314 g/mol. The van der Waals surface area contributed by atoms with Gasteiger partial charge in [0, 0.05) is 39.3 Å². The van der Waals surface area contributed by atoms with Crippen LogP contribution in [0.25, 0.3) is 0 Å². The van der Waals surface area contributed by atoms with Crippen molar-refractivity contribution < 1.29 is 9.21 Å². The SMILES string of the molecule is Cl.O=C(C1CCCN(Cc2cocn2)C1)N1CCNCC1. The number of nitrogens with one attached hydrogen (secondary N) is 1. The van der Waals surface area contributed by atoms with Gasteiger partial charge in [0.1, 0.15) is 6.26 Å². The standard InChI is InChI=1S/C14H22N4O2.ClH/c19-14(18-6-3-15-4-7-18)12-2-1-5-17(8-12)9-13-10-20-11-16-13;/h10-12,15H,1-9H2;1H. The van der Waals surface area contributed by atoms with Crippen LogP contribution < -0.4 is 5.32 Å². The third-order valence-corrected chi connectivity index (χ3v) is 4.15. The zero-order valence-corrected chi connectivity index (χ0v) is 13.0. The van der Waals surface area contributed by atoms with Gasteiger partial charge in [-0.25, -0.2) is 4.98 Å². The zero-order chi connectivity index (χ0) is 13.8. The number of amides is 1. The fourth-order valence-electron chi connectivity index (χ4n) is 3.09. The second-order valence-corrected chi connectivity index (χ2v) is 5.63. The lowest BCUT2D eigenvalue weighted by Gasteiger charge is -2.36. The Bertz CT molecular complexity index is 434. The Balaban J connectivity index is 0.00000161. The third-order valence-electron chi connectivity index (χ3n) is 4.15. The second kappa shape index (κ2) is 7.77. The summed E-state index contributed by atoms with van der Waals surface area (Å²) in [6, 6.07) is 0. The van der Waals surface area contributed by atoms with Crippen molar-refractivity contribution in [2.24, 2.45) is 5.92 Å². The number of likely N-dealkylation sites (tertiary alicyclic amines) is 1. The van der Waals surface area contributed by atoms with Gasteiger partial charge in [-0.2, -0.15) is 0 Å². The molecule has 1 amide bonds. The molecule has 0 radical (unpaired) electrons. The number of nitrogens with zero attached hydrogens (tertiary/aromatic N) is 3. The number of hydrogen-bond acceptors (Lipinski definition) is 5. The van der Waals surface area contributed by atoms with Crippen molar-refractivity contribution >= 4 is 18.3 Å². The molecule has 21 heavy (non-hydrogen) atoms. The first-order valence-electron chi connectivity index (χ1n) is 7.42. The summed E-state index contributed by atoms with van der Waals surface area (Å²) >= 11 is 0. The van der Waals surface area contributed by atoms with E-state index in [9.17, 15) is 4.79 Å². The van der Waals surface area contributed by atoms with E-state index in [4.69, 9.17) is 4.42 Å². The molecule has 6 nitrogen and oxygen atoms in total. The van der Waals surface area contributed by atoms with Crippen molar-refractivity contribution in [2.75, 3.05) is 39.3 Å². The van der Waals surface area contributed by atoms with Crippen molar-refractivity contribution in [2.45, 2.75) is 19.4 Å². The Morgan fingerprint density at radius 2 is 2.19 bits per heavy atom. The van der Waals surface area contributed by atoms with E-state index in [1.54, 1.807) is 6.26 Å². The summed E-state index contributed by atoms with van der Waals surface area (Å²) in [6.07, 6.45) is 5.24. The van der Waals surface area contributed by atoms with Crippen molar-refractivity contribution in [3.8, 4) is 0 Å². The van der Waals surface area contributed by atoms with Crippen molar-refractivity contribution in [3.63, 3.8) is 0 Å². The van der Waals surface area contributed by atoms with Crippen molar-refractivity contribution in [1.29, 1.82) is 0 Å². The van der Waals surface area contributed by atoms with Gasteiger partial charge in [0.2, 0.25) is 5.91 Å². The molecule has 0 saturated carbocycles. The zero-order valence-electron chi connectivity index (χ0n) is 12.2. The lowest BCUT2D eigenvalue weighted by Crippen LogP contribution is -2.51. The normalized spacial score (nSPS) is 23.6. The van der Waals surface area contributed by atoms with Crippen LogP contribution >= 0.6 is 12.4 Å². The van der Waals surface area contributed by atoms with E-state index < -0.39 is 0 Å². The van der Waals surface area contributed by atoms with Crippen LogP contribution in [0.5, 0.6) is 0 Å². The molecule has 2 saturated heterocycles. The van der Waals surface area contributed by atoms with Gasteiger partial charge in [-0.15, -0.1) is 12.4 Å². The van der Waals surface area contributed by atoms with Crippen LogP contribution in [0.2, 0.25) is 0 Å². The number of piperidine rings is 1. The van der Waals surface area contributed by atoms with E-state index >= 15 is 0 Å². The Hall–Kier alpha value is -1.11. The molecule has 1 aromatic rings. The van der Waals surface area contributed by atoms with E-state index in [1.165, 1.54) is 6.39 Å². The highest BCUT2D eigenvalue weighted by Crippen LogP contribution is 2.20. The summed E-state index contributed by atoms with van der Waals surface area (Å²) in [7, 11) is 0. The fraction of sp³-hybridized carbons (Fsp3) is 0.714. The minimum atomic E-state index is 0. The van der Waals surface area contributed by atoms with Crippen LogP contribution in [0.1, 0.15) is 18.5 Å². The fourth-order valence-corrected chi connectivity index (χ4v) is 3.09. The highest BCUT2D eigenvalue weighted by Gasteiger charge is 2.29. The molecule has 3 heterocycles. The second-order valence-electron chi connectivity index (χ2n) is 5.63. The van der Waals surface area contributed by atoms with Crippen LogP contribution in [0.4, 0.5) is 0 Å². The van der Waals surface area contributed by atoms with Gasteiger partial charge in [0.25, 0.3) is 0 Å². The minimum absolute atomic E-state index is 0. The van der Waals surface area contributed by atoms with E-state index in [0.29, 0.717) is 5.91 Å². The van der Waals surface area contributed by atoms with Gasteiger partial charge < -0.3 is 14.6 Å².